The Kier molecular flexibility index (Phi) is 6.49. The lowest BCUT2D eigenvalue weighted by Gasteiger charge is -2.13. The summed E-state index contributed by atoms with van der Waals surface area (Å²) >= 11 is 0. The van der Waals surface area contributed by atoms with Crippen molar-refractivity contribution >= 4 is 11.9 Å². The Morgan fingerprint density at radius 2 is 1.13 bits per heavy atom. The van der Waals surface area contributed by atoms with Crippen molar-refractivity contribution in [3.63, 3.8) is 0 Å². The van der Waals surface area contributed by atoms with Crippen molar-refractivity contribution in [3.05, 3.63) is 99.6 Å². The number of carbonyl (C=O) groups is 2. The van der Waals surface area contributed by atoms with Gasteiger partial charge in [-0.2, -0.15) is 0 Å². The van der Waals surface area contributed by atoms with Crippen LogP contribution < -0.4 is 4.74 Å². The number of carboxylic acid groups (broad SMARTS) is 2. The number of hydrogen-bond acceptors (Lipinski definition) is 4. The van der Waals surface area contributed by atoms with E-state index in [4.69, 9.17) is 9.84 Å². The molecule has 0 aliphatic rings. The molecule has 0 bridgehead atoms. The van der Waals surface area contributed by atoms with Crippen LogP contribution in [0.5, 0.6) is 5.75 Å². The first-order valence-corrected chi connectivity index (χ1v) is 9.35. The number of aromatic carboxylic acids is 2. The average Bonchev–Trinajstić information content (AvgIpc) is 2.75. The molecule has 154 valence electrons. The molecule has 0 aromatic heterocycles. The highest BCUT2D eigenvalue weighted by Gasteiger charge is 2.19. The van der Waals surface area contributed by atoms with Gasteiger partial charge in [0.15, 0.2) is 0 Å². The SMILES string of the molecule is COc1ccc(Cc2cc(C(=O)O)c(Cc3ccc(CO)cc3)cc2C(=O)O)cc1. The fourth-order valence-electron chi connectivity index (χ4n) is 3.33. The Morgan fingerprint density at radius 3 is 1.50 bits per heavy atom. The van der Waals surface area contributed by atoms with Crippen molar-refractivity contribution in [2.75, 3.05) is 7.11 Å². The maximum atomic E-state index is 11.9. The van der Waals surface area contributed by atoms with Gasteiger partial charge in [-0.25, -0.2) is 9.59 Å². The van der Waals surface area contributed by atoms with Crippen LogP contribution in [-0.2, 0) is 19.4 Å². The van der Waals surface area contributed by atoms with E-state index in [1.54, 1.807) is 43.5 Å². The highest BCUT2D eigenvalue weighted by molar-refractivity contribution is 5.95. The zero-order valence-electron chi connectivity index (χ0n) is 16.5. The summed E-state index contributed by atoms with van der Waals surface area (Å²) in [5.41, 5.74) is 3.45. The summed E-state index contributed by atoms with van der Waals surface area (Å²) in [6, 6.07) is 17.2. The Bertz CT molecular complexity index is 965. The summed E-state index contributed by atoms with van der Waals surface area (Å²) in [4.78, 5) is 23.8. The molecule has 0 amide bonds. The van der Waals surface area contributed by atoms with E-state index in [2.05, 4.69) is 0 Å². The lowest BCUT2D eigenvalue weighted by molar-refractivity contribution is 0.0679. The van der Waals surface area contributed by atoms with Crippen LogP contribution in [-0.4, -0.2) is 34.4 Å². The lowest BCUT2D eigenvalue weighted by Crippen LogP contribution is -2.11. The van der Waals surface area contributed by atoms with Gasteiger partial charge in [0.2, 0.25) is 0 Å². The number of rotatable bonds is 8. The van der Waals surface area contributed by atoms with E-state index >= 15 is 0 Å². The molecule has 0 spiro atoms. The molecular weight excluding hydrogens is 384 g/mol. The summed E-state index contributed by atoms with van der Waals surface area (Å²) in [6.45, 7) is -0.0795. The van der Waals surface area contributed by atoms with Crippen LogP contribution in [0, 0.1) is 0 Å². The van der Waals surface area contributed by atoms with Crippen LogP contribution in [0.3, 0.4) is 0 Å². The van der Waals surface area contributed by atoms with E-state index in [9.17, 15) is 19.8 Å². The first-order chi connectivity index (χ1) is 14.4. The van der Waals surface area contributed by atoms with E-state index < -0.39 is 11.9 Å². The molecule has 0 aliphatic heterocycles. The minimum Gasteiger partial charge on any atom is -0.497 e. The maximum Gasteiger partial charge on any atom is 0.335 e. The van der Waals surface area contributed by atoms with Gasteiger partial charge in [0.25, 0.3) is 0 Å². The van der Waals surface area contributed by atoms with E-state index in [0.29, 0.717) is 16.9 Å². The van der Waals surface area contributed by atoms with E-state index in [0.717, 1.165) is 16.7 Å². The zero-order chi connectivity index (χ0) is 21.7. The maximum absolute atomic E-state index is 11.9. The molecule has 30 heavy (non-hydrogen) atoms. The number of hydrogen-bond donors (Lipinski definition) is 3. The van der Waals surface area contributed by atoms with Crippen LogP contribution in [0.15, 0.2) is 60.7 Å². The molecular formula is C24H22O6. The van der Waals surface area contributed by atoms with Crippen molar-refractivity contribution in [2.45, 2.75) is 19.4 Å². The quantitative estimate of drug-likeness (QED) is 0.526. The minimum absolute atomic E-state index is 0.0785. The summed E-state index contributed by atoms with van der Waals surface area (Å²) in [5, 5.41) is 28.6. The number of aliphatic hydroxyl groups excluding tert-OH is 1. The molecule has 0 saturated heterocycles. The van der Waals surface area contributed by atoms with Crippen LogP contribution in [0.2, 0.25) is 0 Å². The molecule has 0 atom stereocenters. The molecule has 0 saturated carbocycles. The van der Waals surface area contributed by atoms with Gasteiger partial charge < -0.3 is 20.1 Å². The number of carboxylic acids is 2. The summed E-state index contributed by atoms with van der Waals surface area (Å²) < 4.78 is 5.13. The van der Waals surface area contributed by atoms with Crippen LogP contribution in [0.4, 0.5) is 0 Å². The van der Waals surface area contributed by atoms with Gasteiger partial charge in [-0.15, -0.1) is 0 Å². The van der Waals surface area contributed by atoms with Gasteiger partial charge in [-0.05, 0) is 64.9 Å². The monoisotopic (exact) mass is 406 g/mol. The Hall–Kier alpha value is -3.64. The molecule has 0 heterocycles. The predicted molar refractivity (Wildman–Crippen MR) is 111 cm³/mol. The average molecular weight is 406 g/mol. The third-order valence-corrected chi connectivity index (χ3v) is 4.94. The third-order valence-electron chi connectivity index (χ3n) is 4.94. The molecule has 3 aromatic rings. The Balaban J connectivity index is 1.99. The molecule has 0 aliphatic carbocycles. The first-order valence-electron chi connectivity index (χ1n) is 9.35. The van der Waals surface area contributed by atoms with E-state index in [1.165, 1.54) is 12.1 Å². The lowest BCUT2D eigenvalue weighted by atomic mass is 9.91. The second kappa shape index (κ2) is 9.24. The van der Waals surface area contributed by atoms with Gasteiger partial charge in [0, 0.05) is 0 Å². The highest BCUT2D eigenvalue weighted by Crippen LogP contribution is 2.24. The normalized spacial score (nSPS) is 10.6. The number of ether oxygens (including phenoxy) is 1. The fourth-order valence-corrected chi connectivity index (χ4v) is 3.33. The molecule has 6 nitrogen and oxygen atoms in total. The van der Waals surface area contributed by atoms with Gasteiger partial charge in [-0.1, -0.05) is 36.4 Å². The standard InChI is InChI=1S/C24H22O6/c1-30-20-8-6-16(7-9-20)11-19-13-21(23(26)27)18(12-22(19)24(28)29)10-15-2-4-17(14-25)5-3-15/h2-9,12-13,25H,10-11,14H2,1H3,(H,26,27)(H,28,29). The minimum atomic E-state index is -1.11. The molecule has 3 aromatic carbocycles. The molecule has 6 heteroatoms. The number of aliphatic hydroxyl groups is 1. The predicted octanol–water partition coefficient (Wildman–Crippen LogP) is 3.77. The van der Waals surface area contributed by atoms with Gasteiger partial charge in [0.1, 0.15) is 5.75 Å². The van der Waals surface area contributed by atoms with Gasteiger partial charge >= 0.3 is 11.9 Å². The second-order valence-electron chi connectivity index (χ2n) is 6.95. The molecule has 3 N–H and O–H groups in total. The Labute approximate surface area is 174 Å². The smallest absolute Gasteiger partial charge is 0.335 e. The largest absolute Gasteiger partial charge is 0.497 e. The van der Waals surface area contributed by atoms with E-state index in [-0.39, 0.29) is 30.6 Å². The number of benzene rings is 3. The van der Waals surface area contributed by atoms with Crippen molar-refractivity contribution < 1.29 is 29.6 Å². The van der Waals surface area contributed by atoms with Crippen LogP contribution in [0.1, 0.15) is 48.5 Å². The van der Waals surface area contributed by atoms with Crippen molar-refractivity contribution in [1.82, 2.24) is 0 Å². The summed E-state index contributed by atoms with van der Waals surface area (Å²) in [6.07, 6.45) is 0.563. The van der Waals surface area contributed by atoms with Crippen LogP contribution >= 0.6 is 0 Å². The highest BCUT2D eigenvalue weighted by atomic mass is 16.5. The second-order valence-corrected chi connectivity index (χ2v) is 6.95. The van der Waals surface area contributed by atoms with Crippen LogP contribution in [0.25, 0.3) is 0 Å². The molecule has 0 fully saturated rings. The topological polar surface area (TPSA) is 104 Å². The Morgan fingerprint density at radius 1 is 0.733 bits per heavy atom. The summed E-state index contributed by atoms with van der Waals surface area (Å²) in [5.74, 6) is -1.52. The molecule has 0 radical (unpaired) electrons. The van der Waals surface area contributed by atoms with Gasteiger partial charge in [0.05, 0.1) is 24.8 Å². The third kappa shape index (κ3) is 4.85. The molecule has 3 rings (SSSR count). The summed E-state index contributed by atoms with van der Waals surface area (Å²) in [7, 11) is 1.56. The zero-order valence-corrected chi connectivity index (χ0v) is 16.5. The van der Waals surface area contributed by atoms with Crippen molar-refractivity contribution in [1.29, 1.82) is 0 Å². The molecule has 0 unspecified atom stereocenters. The fraction of sp³-hybridized carbons (Fsp3) is 0.167. The van der Waals surface area contributed by atoms with E-state index in [1.807, 2.05) is 12.1 Å². The number of methoxy groups -OCH3 is 1. The first kappa shape index (κ1) is 21.1. The van der Waals surface area contributed by atoms with Crippen molar-refractivity contribution in [2.24, 2.45) is 0 Å². The van der Waals surface area contributed by atoms with Crippen molar-refractivity contribution in [3.8, 4) is 5.75 Å². The van der Waals surface area contributed by atoms with Gasteiger partial charge in [-0.3, -0.25) is 0 Å².